The van der Waals surface area contributed by atoms with E-state index in [1.807, 2.05) is 10.8 Å². The Labute approximate surface area is 82.5 Å². The van der Waals surface area contributed by atoms with Crippen LogP contribution in [0, 0.1) is 0 Å². The number of primary amides is 1. The van der Waals surface area contributed by atoms with Crippen molar-refractivity contribution in [3.05, 3.63) is 18.7 Å². The molecule has 0 saturated carbocycles. The lowest BCUT2D eigenvalue weighted by Crippen LogP contribution is -2.43. The van der Waals surface area contributed by atoms with Gasteiger partial charge in [0.2, 0.25) is 0 Å². The van der Waals surface area contributed by atoms with Gasteiger partial charge in [0, 0.05) is 25.5 Å². The summed E-state index contributed by atoms with van der Waals surface area (Å²) < 4.78 is 2.04. The first-order chi connectivity index (χ1) is 6.77. The monoisotopic (exact) mass is 194 g/mol. The van der Waals surface area contributed by atoms with Gasteiger partial charge in [0.05, 0.1) is 12.4 Å². The van der Waals surface area contributed by atoms with Gasteiger partial charge in [-0.25, -0.2) is 9.78 Å². The van der Waals surface area contributed by atoms with E-state index in [0.717, 1.165) is 19.4 Å². The van der Waals surface area contributed by atoms with Gasteiger partial charge in [-0.05, 0) is 12.8 Å². The number of amides is 2. The highest BCUT2D eigenvalue weighted by atomic mass is 16.2. The first-order valence-corrected chi connectivity index (χ1v) is 4.79. The molecule has 1 aliphatic heterocycles. The summed E-state index contributed by atoms with van der Waals surface area (Å²) in [6, 6.07) is 0.00793. The van der Waals surface area contributed by atoms with Crippen LogP contribution in [0.25, 0.3) is 0 Å². The molecule has 1 aromatic heterocycles. The quantitative estimate of drug-likeness (QED) is 0.711. The van der Waals surface area contributed by atoms with Crippen LogP contribution in [0.15, 0.2) is 18.7 Å². The van der Waals surface area contributed by atoms with E-state index in [0.29, 0.717) is 12.6 Å². The maximum atomic E-state index is 11.0. The summed E-state index contributed by atoms with van der Waals surface area (Å²) in [5.74, 6) is 0. The summed E-state index contributed by atoms with van der Waals surface area (Å²) in [7, 11) is 0. The van der Waals surface area contributed by atoms with E-state index in [1.54, 1.807) is 17.4 Å². The molecule has 1 unspecified atom stereocenters. The molecule has 0 spiro atoms. The normalized spacial score (nSPS) is 22.3. The lowest BCUT2D eigenvalue weighted by molar-refractivity contribution is 0.175. The second kappa shape index (κ2) is 3.69. The largest absolute Gasteiger partial charge is 0.351 e. The van der Waals surface area contributed by atoms with Crippen LogP contribution in [0.5, 0.6) is 0 Å². The van der Waals surface area contributed by atoms with Crippen molar-refractivity contribution in [1.29, 1.82) is 0 Å². The maximum absolute atomic E-state index is 11.0. The van der Waals surface area contributed by atoms with Crippen molar-refractivity contribution in [2.45, 2.75) is 18.9 Å². The van der Waals surface area contributed by atoms with Crippen molar-refractivity contribution in [2.75, 3.05) is 13.1 Å². The molecule has 1 saturated heterocycles. The third kappa shape index (κ3) is 1.71. The summed E-state index contributed by atoms with van der Waals surface area (Å²) in [4.78, 5) is 16.7. The number of carbonyl (C=O) groups is 1. The van der Waals surface area contributed by atoms with Crippen LogP contribution in [0.2, 0.25) is 0 Å². The van der Waals surface area contributed by atoms with Gasteiger partial charge >= 0.3 is 6.03 Å². The van der Waals surface area contributed by atoms with Gasteiger partial charge in [-0.3, -0.25) is 0 Å². The number of carbonyl (C=O) groups excluding carboxylic acids is 1. The van der Waals surface area contributed by atoms with Gasteiger partial charge < -0.3 is 15.2 Å². The third-order valence-corrected chi connectivity index (χ3v) is 2.65. The van der Waals surface area contributed by atoms with E-state index in [4.69, 9.17) is 5.73 Å². The van der Waals surface area contributed by atoms with Gasteiger partial charge in [-0.1, -0.05) is 0 Å². The molecule has 14 heavy (non-hydrogen) atoms. The molecule has 2 rings (SSSR count). The van der Waals surface area contributed by atoms with Crippen molar-refractivity contribution in [2.24, 2.45) is 5.73 Å². The molecule has 76 valence electrons. The fourth-order valence-corrected chi connectivity index (χ4v) is 1.88. The number of nitrogens with zero attached hydrogens (tertiary/aromatic N) is 3. The van der Waals surface area contributed by atoms with Crippen LogP contribution in [-0.2, 0) is 0 Å². The summed E-state index contributed by atoms with van der Waals surface area (Å²) in [5.41, 5.74) is 5.24. The minimum absolute atomic E-state index is 0.324. The predicted octanol–water partition coefficient (Wildman–Crippen LogP) is 0.599. The van der Waals surface area contributed by atoms with Crippen LogP contribution in [0.1, 0.15) is 18.9 Å². The number of imidazole rings is 1. The van der Waals surface area contributed by atoms with Gasteiger partial charge in [-0.2, -0.15) is 0 Å². The molecule has 5 heteroatoms. The number of aromatic nitrogens is 2. The highest BCUT2D eigenvalue weighted by Crippen LogP contribution is 2.20. The van der Waals surface area contributed by atoms with Crippen LogP contribution < -0.4 is 5.73 Å². The number of hydrogen-bond acceptors (Lipinski definition) is 2. The van der Waals surface area contributed by atoms with Crippen LogP contribution in [0.4, 0.5) is 4.79 Å². The number of likely N-dealkylation sites (tertiary alicyclic amines) is 1. The second-order valence-electron chi connectivity index (χ2n) is 3.59. The average Bonchev–Trinajstić information content (AvgIpc) is 2.71. The molecule has 0 radical (unpaired) electrons. The smallest absolute Gasteiger partial charge is 0.314 e. The fourth-order valence-electron chi connectivity index (χ4n) is 1.88. The molecular formula is C9H14N4O. The van der Waals surface area contributed by atoms with Crippen molar-refractivity contribution in [3.63, 3.8) is 0 Å². The molecule has 0 aliphatic carbocycles. The molecular weight excluding hydrogens is 180 g/mol. The summed E-state index contributed by atoms with van der Waals surface area (Å²) >= 11 is 0. The fraction of sp³-hybridized carbons (Fsp3) is 0.556. The molecule has 0 aromatic carbocycles. The van der Waals surface area contributed by atoms with E-state index >= 15 is 0 Å². The first kappa shape index (κ1) is 9.05. The lowest BCUT2D eigenvalue weighted by Gasteiger charge is -2.32. The van der Waals surface area contributed by atoms with Crippen LogP contribution in [0.3, 0.4) is 0 Å². The second-order valence-corrected chi connectivity index (χ2v) is 3.59. The molecule has 2 heterocycles. The van der Waals surface area contributed by atoms with Crippen molar-refractivity contribution >= 4 is 6.03 Å². The van der Waals surface area contributed by atoms with Crippen molar-refractivity contribution in [3.8, 4) is 0 Å². The number of urea groups is 1. The van der Waals surface area contributed by atoms with Crippen LogP contribution in [-0.4, -0.2) is 33.6 Å². The van der Waals surface area contributed by atoms with Crippen LogP contribution >= 0.6 is 0 Å². The Morgan fingerprint density at radius 2 is 2.43 bits per heavy atom. The highest BCUT2D eigenvalue weighted by molar-refractivity contribution is 5.72. The lowest BCUT2D eigenvalue weighted by atomic mass is 10.1. The first-order valence-electron chi connectivity index (χ1n) is 4.79. The number of hydrogen-bond donors (Lipinski definition) is 1. The zero-order chi connectivity index (χ0) is 9.97. The molecule has 2 N–H and O–H groups in total. The van der Waals surface area contributed by atoms with E-state index in [2.05, 4.69) is 4.98 Å². The molecule has 1 aliphatic rings. The third-order valence-electron chi connectivity index (χ3n) is 2.65. The Hall–Kier alpha value is -1.52. The predicted molar refractivity (Wildman–Crippen MR) is 51.7 cm³/mol. The summed E-state index contributed by atoms with van der Waals surface area (Å²) in [6.07, 6.45) is 7.56. The van der Waals surface area contributed by atoms with Gasteiger partial charge in [0.15, 0.2) is 0 Å². The van der Waals surface area contributed by atoms with Crippen molar-refractivity contribution in [1.82, 2.24) is 14.5 Å². The highest BCUT2D eigenvalue weighted by Gasteiger charge is 2.22. The number of piperidine rings is 1. The van der Waals surface area contributed by atoms with Gasteiger partial charge in [-0.15, -0.1) is 0 Å². The number of rotatable bonds is 1. The topological polar surface area (TPSA) is 64.2 Å². The minimum Gasteiger partial charge on any atom is -0.351 e. The van der Waals surface area contributed by atoms with E-state index < -0.39 is 0 Å². The number of nitrogens with two attached hydrogens (primary N) is 1. The van der Waals surface area contributed by atoms with E-state index in [-0.39, 0.29) is 6.03 Å². The summed E-state index contributed by atoms with van der Waals surface area (Å²) in [5, 5.41) is 0. The maximum Gasteiger partial charge on any atom is 0.314 e. The summed E-state index contributed by atoms with van der Waals surface area (Å²) in [6.45, 7) is 1.48. The van der Waals surface area contributed by atoms with E-state index in [9.17, 15) is 4.79 Å². The molecule has 2 amide bonds. The SMILES string of the molecule is NC(=O)N1CCCC(n2ccnc2)C1. The molecule has 0 bridgehead atoms. The Morgan fingerprint density at radius 1 is 1.57 bits per heavy atom. The van der Waals surface area contributed by atoms with Gasteiger partial charge in [0.25, 0.3) is 0 Å². The molecule has 1 atom stereocenters. The molecule has 1 fully saturated rings. The molecule has 5 nitrogen and oxygen atoms in total. The standard InChI is InChI=1S/C9H14N4O/c10-9(14)12-4-1-2-8(6-12)13-5-3-11-7-13/h3,5,7-8H,1-2,4,6H2,(H2,10,14). The Balaban J connectivity index is 2.04. The minimum atomic E-state index is -0.324. The Morgan fingerprint density at radius 3 is 3.07 bits per heavy atom. The Kier molecular flexibility index (Phi) is 2.39. The zero-order valence-corrected chi connectivity index (χ0v) is 7.97. The van der Waals surface area contributed by atoms with Crippen molar-refractivity contribution < 1.29 is 4.79 Å². The Bertz CT molecular complexity index is 309. The zero-order valence-electron chi connectivity index (χ0n) is 7.97. The van der Waals surface area contributed by atoms with Gasteiger partial charge in [0.1, 0.15) is 0 Å². The van der Waals surface area contributed by atoms with E-state index in [1.165, 1.54) is 0 Å². The average molecular weight is 194 g/mol. The molecule has 1 aromatic rings.